The minimum Gasteiger partial charge on any atom is -0.326 e. The molecule has 0 heterocycles. The van der Waals surface area contributed by atoms with E-state index in [2.05, 4.69) is 30.9 Å². The first kappa shape index (κ1) is 15.8. The van der Waals surface area contributed by atoms with Gasteiger partial charge in [0.05, 0.1) is 6.04 Å². The van der Waals surface area contributed by atoms with Crippen LogP contribution in [0, 0.1) is 0 Å². The first-order valence-electron chi connectivity index (χ1n) is 7.94. The van der Waals surface area contributed by atoms with Gasteiger partial charge in [-0.1, -0.05) is 50.4 Å². The van der Waals surface area contributed by atoms with Crippen molar-refractivity contribution >= 4 is 11.6 Å². The molecule has 0 amide bonds. The molecule has 0 aliphatic heterocycles. The maximum Gasteiger partial charge on any atom is 0.0502 e. The summed E-state index contributed by atoms with van der Waals surface area (Å²) in [6.45, 7) is 5.47. The fourth-order valence-electron chi connectivity index (χ4n) is 3.52. The summed E-state index contributed by atoms with van der Waals surface area (Å²) in [7, 11) is 0. The predicted molar refractivity (Wildman–Crippen MR) is 87.1 cm³/mol. The summed E-state index contributed by atoms with van der Waals surface area (Å²) in [5.41, 5.74) is 7.72. The van der Waals surface area contributed by atoms with Gasteiger partial charge in [-0.3, -0.25) is 4.90 Å². The van der Waals surface area contributed by atoms with Gasteiger partial charge in [0.25, 0.3) is 0 Å². The number of hydrogen-bond donors (Lipinski definition) is 1. The number of benzene rings is 1. The van der Waals surface area contributed by atoms with Crippen molar-refractivity contribution in [1.29, 1.82) is 0 Å². The predicted octanol–water partition coefficient (Wildman–Crippen LogP) is 4.38. The molecule has 2 nitrogen and oxygen atoms in total. The molecule has 112 valence electrons. The molecule has 2 unspecified atom stereocenters. The molecule has 1 aromatic rings. The molecular formula is C17H27ClN2. The Hall–Kier alpha value is -0.570. The summed E-state index contributed by atoms with van der Waals surface area (Å²) in [6, 6.07) is 9.35. The van der Waals surface area contributed by atoms with Crippen LogP contribution in [0.25, 0.3) is 0 Å². The molecule has 2 atom stereocenters. The molecule has 0 radical (unpaired) electrons. The zero-order chi connectivity index (χ0) is 14.5. The normalized spacial score (nSPS) is 19.4. The van der Waals surface area contributed by atoms with E-state index in [0.717, 1.165) is 18.0 Å². The van der Waals surface area contributed by atoms with Crippen LogP contribution >= 0.6 is 11.6 Å². The summed E-state index contributed by atoms with van der Waals surface area (Å²) in [6.07, 6.45) is 6.30. The highest BCUT2D eigenvalue weighted by atomic mass is 35.5. The Kier molecular flexibility index (Phi) is 5.88. The molecule has 0 aromatic heterocycles. The zero-order valence-electron chi connectivity index (χ0n) is 12.7. The highest BCUT2D eigenvalue weighted by Gasteiger charge is 2.31. The summed E-state index contributed by atoms with van der Waals surface area (Å²) >= 11 is 6.19. The zero-order valence-corrected chi connectivity index (χ0v) is 13.4. The summed E-state index contributed by atoms with van der Waals surface area (Å²) in [4.78, 5) is 2.60. The Morgan fingerprint density at radius 2 is 2.00 bits per heavy atom. The molecule has 1 fully saturated rings. The van der Waals surface area contributed by atoms with E-state index in [0.29, 0.717) is 6.04 Å². The van der Waals surface area contributed by atoms with Crippen molar-refractivity contribution in [2.75, 3.05) is 6.54 Å². The second-order valence-electron chi connectivity index (χ2n) is 5.84. The minimum atomic E-state index is 0.161. The molecule has 1 aliphatic carbocycles. The van der Waals surface area contributed by atoms with Crippen molar-refractivity contribution in [3.63, 3.8) is 0 Å². The first-order valence-corrected chi connectivity index (χ1v) is 8.32. The topological polar surface area (TPSA) is 29.3 Å². The SMILES string of the molecule is CCC(N)C(c1cccc(Cl)c1)N(CC)C1CCCC1. The van der Waals surface area contributed by atoms with Crippen LogP contribution in [0.15, 0.2) is 24.3 Å². The quantitative estimate of drug-likeness (QED) is 0.843. The average Bonchev–Trinajstić information content (AvgIpc) is 2.97. The monoisotopic (exact) mass is 294 g/mol. The fourth-order valence-corrected chi connectivity index (χ4v) is 3.72. The largest absolute Gasteiger partial charge is 0.326 e. The van der Waals surface area contributed by atoms with E-state index in [1.807, 2.05) is 12.1 Å². The number of rotatable bonds is 6. The second kappa shape index (κ2) is 7.44. The molecule has 2 N–H and O–H groups in total. The van der Waals surface area contributed by atoms with E-state index in [9.17, 15) is 0 Å². The van der Waals surface area contributed by atoms with E-state index < -0.39 is 0 Å². The lowest BCUT2D eigenvalue weighted by molar-refractivity contribution is 0.121. The summed E-state index contributed by atoms with van der Waals surface area (Å²) < 4.78 is 0. The molecule has 20 heavy (non-hydrogen) atoms. The number of nitrogens with zero attached hydrogens (tertiary/aromatic N) is 1. The third-order valence-corrected chi connectivity index (χ3v) is 4.82. The lowest BCUT2D eigenvalue weighted by atomic mass is 9.94. The maximum absolute atomic E-state index is 6.46. The Balaban J connectivity index is 2.30. The van der Waals surface area contributed by atoms with Crippen LogP contribution in [0.3, 0.4) is 0 Å². The number of nitrogens with two attached hydrogens (primary N) is 1. The van der Waals surface area contributed by atoms with Crippen molar-refractivity contribution in [1.82, 2.24) is 4.90 Å². The summed E-state index contributed by atoms with van der Waals surface area (Å²) in [5, 5.41) is 0.804. The van der Waals surface area contributed by atoms with Crippen molar-refractivity contribution in [3.8, 4) is 0 Å². The van der Waals surface area contributed by atoms with Crippen LogP contribution in [0.4, 0.5) is 0 Å². The smallest absolute Gasteiger partial charge is 0.0502 e. The fraction of sp³-hybridized carbons (Fsp3) is 0.647. The second-order valence-corrected chi connectivity index (χ2v) is 6.28. The third kappa shape index (κ3) is 3.55. The van der Waals surface area contributed by atoms with Gasteiger partial charge in [-0.25, -0.2) is 0 Å². The van der Waals surface area contributed by atoms with E-state index >= 15 is 0 Å². The highest BCUT2D eigenvalue weighted by Crippen LogP contribution is 2.33. The van der Waals surface area contributed by atoms with Crippen molar-refractivity contribution < 1.29 is 0 Å². The van der Waals surface area contributed by atoms with Crippen LogP contribution in [-0.2, 0) is 0 Å². The third-order valence-electron chi connectivity index (χ3n) is 4.58. The van der Waals surface area contributed by atoms with Crippen LogP contribution in [0.5, 0.6) is 0 Å². The average molecular weight is 295 g/mol. The standard InChI is InChI=1S/C17H27ClN2/c1-3-16(19)17(13-8-7-9-14(18)12-13)20(4-2)15-10-5-6-11-15/h7-9,12,15-17H,3-6,10-11,19H2,1-2H3. The van der Waals surface area contributed by atoms with Gasteiger partial charge in [0.15, 0.2) is 0 Å². The molecule has 3 heteroatoms. The van der Waals surface area contributed by atoms with Gasteiger partial charge in [0.2, 0.25) is 0 Å². The number of hydrogen-bond acceptors (Lipinski definition) is 2. The van der Waals surface area contributed by atoms with Crippen LogP contribution in [0.2, 0.25) is 5.02 Å². The molecular weight excluding hydrogens is 268 g/mol. The Labute approximate surface area is 128 Å². The lowest BCUT2D eigenvalue weighted by Gasteiger charge is -2.39. The Morgan fingerprint density at radius 3 is 2.55 bits per heavy atom. The molecule has 1 aromatic carbocycles. The molecule has 1 saturated carbocycles. The Morgan fingerprint density at radius 1 is 1.30 bits per heavy atom. The Bertz CT molecular complexity index is 415. The lowest BCUT2D eigenvalue weighted by Crippen LogP contribution is -2.45. The molecule has 0 spiro atoms. The van der Waals surface area contributed by atoms with Crippen molar-refractivity contribution in [2.24, 2.45) is 5.73 Å². The van der Waals surface area contributed by atoms with Gasteiger partial charge in [-0.05, 0) is 43.5 Å². The molecule has 1 aliphatic rings. The van der Waals surface area contributed by atoms with Crippen molar-refractivity contribution in [3.05, 3.63) is 34.9 Å². The van der Waals surface area contributed by atoms with E-state index in [-0.39, 0.29) is 12.1 Å². The van der Waals surface area contributed by atoms with Gasteiger partial charge >= 0.3 is 0 Å². The van der Waals surface area contributed by atoms with Crippen LogP contribution in [-0.4, -0.2) is 23.5 Å². The van der Waals surface area contributed by atoms with Gasteiger partial charge in [-0.15, -0.1) is 0 Å². The van der Waals surface area contributed by atoms with E-state index in [4.69, 9.17) is 17.3 Å². The maximum atomic E-state index is 6.46. The van der Waals surface area contributed by atoms with Crippen LogP contribution in [0.1, 0.15) is 57.6 Å². The van der Waals surface area contributed by atoms with E-state index in [1.165, 1.54) is 31.2 Å². The minimum absolute atomic E-state index is 0.161. The van der Waals surface area contributed by atoms with Crippen LogP contribution < -0.4 is 5.73 Å². The van der Waals surface area contributed by atoms with Gasteiger partial charge < -0.3 is 5.73 Å². The highest BCUT2D eigenvalue weighted by molar-refractivity contribution is 6.30. The number of halogens is 1. The first-order chi connectivity index (χ1) is 9.67. The van der Waals surface area contributed by atoms with E-state index in [1.54, 1.807) is 0 Å². The molecule has 0 saturated heterocycles. The molecule has 0 bridgehead atoms. The van der Waals surface area contributed by atoms with Gasteiger partial charge in [0.1, 0.15) is 0 Å². The summed E-state index contributed by atoms with van der Waals surface area (Å²) in [5.74, 6) is 0. The molecule has 2 rings (SSSR count). The van der Waals surface area contributed by atoms with Gasteiger partial charge in [0, 0.05) is 17.1 Å². The number of likely N-dealkylation sites (N-methyl/N-ethyl adjacent to an activating group) is 1. The van der Waals surface area contributed by atoms with Gasteiger partial charge in [-0.2, -0.15) is 0 Å². The van der Waals surface area contributed by atoms with Crippen molar-refractivity contribution in [2.45, 2.75) is 64.1 Å².